The number of benzene rings is 4. The molecule has 9 N–H and O–H groups in total. The summed E-state index contributed by atoms with van der Waals surface area (Å²) in [4.78, 5) is 98.9. The molecular weight excluding hydrogens is 648 g/mol. The quantitative estimate of drug-likeness (QED) is 0.116. The first kappa shape index (κ1) is 34.0. The van der Waals surface area contributed by atoms with E-state index in [1.165, 1.54) is 78.9 Å². The molecule has 0 saturated heterocycles. The average molecular weight is 677 g/mol. The summed E-state index contributed by atoms with van der Waals surface area (Å²) in [5.74, 6) is -4.56. The fourth-order valence-electron chi connectivity index (χ4n) is 4.81. The number of imide groups is 1. The highest BCUT2D eigenvalue weighted by Crippen LogP contribution is 2.23. The topological polar surface area (TPSA) is 252 Å². The number of carbonyl (C=O) groups is 8. The third-order valence-electron chi connectivity index (χ3n) is 7.21. The van der Waals surface area contributed by atoms with Gasteiger partial charge in [0.05, 0.1) is 17.7 Å². The van der Waals surface area contributed by atoms with Crippen LogP contribution in [0.2, 0.25) is 0 Å². The van der Waals surface area contributed by atoms with E-state index in [1.807, 2.05) is 0 Å². The Bertz CT molecular complexity index is 2000. The zero-order valence-corrected chi connectivity index (χ0v) is 25.9. The van der Waals surface area contributed by atoms with Gasteiger partial charge in [0, 0.05) is 39.4 Å². The van der Waals surface area contributed by atoms with Crippen molar-refractivity contribution in [1.82, 2.24) is 10.2 Å². The number of nitrogens with zero attached hydrogens (tertiary/aromatic N) is 1. The van der Waals surface area contributed by atoms with Gasteiger partial charge in [0.1, 0.15) is 6.54 Å². The summed E-state index contributed by atoms with van der Waals surface area (Å²) in [6.45, 7) is -0.900. The molecule has 0 fully saturated rings. The third-order valence-corrected chi connectivity index (χ3v) is 7.21. The van der Waals surface area contributed by atoms with E-state index in [2.05, 4.69) is 26.6 Å². The van der Waals surface area contributed by atoms with Gasteiger partial charge in [-0.1, -0.05) is 12.1 Å². The first-order valence-electron chi connectivity index (χ1n) is 14.7. The fourth-order valence-corrected chi connectivity index (χ4v) is 4.81. The Morgan fingerprint density at radius 2 is 1.00 bits per heavy atom. The van der Waals surface area contributed by atoms with Crippen molar-refractivity contribution in [2.24, 2.45) is 11.5 Å². The van der Waals surface area contributed by atoms with Crippen LogP contribution < -0.4 is 38.1 Å². The molecule has 5 rings (SSSR count). The number of hydrogen-bond donors (Lipinski definition) is 7. The van der Waals surface area contributed by atoms with Crippen LogP contribution in [0.1, 0.15) is 51.8 Å². The Morgan fingerprint density at radius 3 is 1.50 bits per heavy atom. The number of urea groups is 1. The van der Waals surface area contributed by atoms with Crippen molar-refractivity contribution in [2.75, 3.05) is 34.4 Å². The minimum atomic E-state index is -0.828. The van der Waals surface area contributed by atoms with Gasteiger partial charge in [-0.05, 0) is 78.9 Å². The van der Waals surface area contributed by atoms with Crippen molar-refractivity contribution in [3.8, 4) is 0 Å². The molecule has 0 atom stereocenters. The van der Waals surface area contributed by atoms with Gasteiger partial charge >= 0.3 is 6.03 Å². The number of carbonyl (C=O) groups excluding carboxylic acids is 8. The largest absolute Gasteiger partial charge is 0.366 e. The lowest BCUT2D eigenvalue weighted by Gasteiger charge is -2.14. The van der Waals surface area contributed by atoms with Crippen molar-refractivity contribution >= 4 is 70.1 Å². The SMILES string of the molecule is NC(=O)c1cc(NC(=O)CNC(=O)c2ccc(NC(=O)Nc3ccc(NC(=O)CN4C(=O)c5ccccc5C4=O)cc3)cc2)cc(C(N)=O)c1. The Morgan fingerprint density at radius 1 is 0.540 bits per heavy atom. The lowest BCUT2D eigenvalue weighted by atomic mass is 10.1. The van der Waals surface area contributed by atoms with Gasteiger partial charge in [0.25, 0.3) is 17.7 Å². The van der Waals surface area contributed by atoms with E-state index in [1.54, 1.807) is 12.1 Å². The lowest BCUT2D eigenvalue weighted by Crippen LogP contribution is -2.37. The Labute approximate surface area is 283 Å². The smallest absolute Gasteiger partial charge is 0.323 e. The summed E-state index contributed by atoms with van der Waals surface area (Å²) >= 11 is 0. The van der Waals surface area contributed by atoms with Crippen LogP contribution in [0, 0.1) is 0 Å². The average Bonchev–Trinajstić information content (AvgIpc) is 3.32. The Kier molecular flexibility index (Phi) is 9.92. The van der Waals surface area contributed by atoms with Crippen molar-refractivity contribution in [2.45, 2.75) is 0 Å². The van der Waals surface area contributed by atoms with Crippen LogP contribution in [-0.2, 0) is 9.59 Å². The van der Waals surface area contributed by atoms with Gasteiger partial charge in [0.15, 0.2) is 0 Å². The van der Waals surface area contributed by atoms with Gasteiger partial charge in [-0.25, -0.2) is 4.79 Å². The molecule has 50 heavy (non-hydrogen) atoms. The van der Waals surface area contributed by atoms with Crippen LogP contribution >= 0.6 is 0 Å². The van der Waals surface area contributed by atoms with E-state index < -0.39 is 60.5 Å². The summed E-state index contributed by atoms with van der Waals surface area (Å²) < 4.78 is 0. The molecule has 0 aliphatic carbocycles. The van der Waals surface area contributed by atoms with E-state index >= 15 is 0 Å². The van der Waals surface area contributed by atoms with E-state index in [4.69, 9.17) is 11.5 Å². The van der Waals surface area contributed by atoms with Gasteiger partial charge in [-0.2, -0.15) is 0 Å². The molecule has 0 spiro atoms. The number of anilines is 4. The minimum absolute atomic E-state index is 0.0390. The summed E-state index contributed by atoms with van der Waals surface area (Å²) in [6.07, 6.45) is 0. The number of rotatable bonds is 11. The number of nitrogens with one attached hydrogen (secondary N) is 5. The number of nitrogens with two attached hydrogens (primary N) is 2. The molecule has 0 aromatic heterocycles. The highest BCUT2D eigenvalue weighted by molar-refractivity contribution is 6.22. The lowest BCUT2D eigenvalue weighted by molar-refractivity contribution is -0.116. The third kappa shape index (κ3) is 8.13. The molecule has 0 radical (unpaired) electrons. The number of primary amides is 2. The number of hydrogen-bond acceptors (Lipinski definition) is 8. The first-order valence-corrected chi connectivity index (χ1v) is 14.7. The van der Waals surface area contributed by atoms with Crippen LogP contribution in [0.4, 0.5) is 27.5 Å². The molecule has 4 aromatic rings. The standard InChI is InChI=1S/C34H28N8O8/c35-29(45)19-13-20(30(36)46)15-24(14-19)39-27(43)16-37-31(47)18-5-7-22(8-6-18)40-34(50)41-23-11-9-21(10-12-23)38-28(44)17-42-32(48)25-3-1-2-4-26(25)33(42)49/h1-15H,16-17H2,(H2,35,45)(H2,36,46)(H,37,47)(H,38,44)(H,39,43)(H2,40,41,50). The molecule has 1 aliphatic heterocycles. The summed E-state index contributed by atoms with van der Waals surface area (Å²) in [5, 5.41) is 12.7. The number of amides is 9. The predicted molar refractivity (Wildman–Crippen MR) is 180 cm³/mol. The maximum Gasteiger partial charge on any atom is 0.323 e. The van der Waals surface area contributed by atoms with Crippen LogP contribution in [-0.4, -0.2) is 65.4 Å². The summed E-state index contributed by atoms with van der Waals surface area (Å²) in [6, 6.07) is 21.4. The molecule has 252 valence electrons. The maximum absolute atomic E-state index is 12.5. The second kappa shape index (κ2) is 14.6. The van der Waals surface area contributed by atoms with E-state index in [0.29, 0.717) is 17.1 Å². The van der Waals surface area contributed by atoms with Crippen molar-refractivity contribution < 1.29 is 38.4 Å². The second-order valence-corrected chi connectivity index (χ2v) is 10.8. The van der Waals surface area contributed by atoms with Gasteiger partial charge in [0.2, 0.25) is 23.6 Å². The fraction of sp³-hybridized carbons (Fsp3) is 0.0588. The van der Waals surface area contributed by atoms with Crippen LogP contribution in [0.25, 0.3) is 0 Å². The molecule has 0 unspecified atom stereocenters. The first-order chi connectivity index (χ1) is 23.9. The zero-order chi connectivity index (χ0) is 35.9. The van der Waals surface area contributed by atoms with Crippen molar-refractivity contribution in [1.29, 1.82) is 0 Å². The van der Waals surface area contributed by atoms with Crippen molar-refractivity contribution in [3.63, 3.8) is 0 Å². The molecule has 16 nitrogen and oxygen atoms in total. The normalized spacial score (nSPS) is 11.6. The van der Waals surface area contributed by atoms with Crippen LogP contribution in [0.5, 0.6) is 0 Å². The zero-order valence-electron chi connectivity index (χ0n) is 25.9. The van der Waals surface area contributed by atoms with E-state index in [0.717, 1.165) is 4.90 Å². The molecule has 9 amide bonds. The summed E-state index contributed by atoms with van der Waals surface area (Å²) in [7, 11) is 0. The molecule has 1 heterocycles. The second-order valence-electron chi connectivity index (χ2n) is 10.8. The Balaban J connectivity index is 1.06. The molecule has 0 bridgehead atoms. The molecule has 16 heteroatoms. The predicted octanol–water partition coefficient (Wildman–Crippen LogP) is 2.13. The van der Waals surface area contributed by atoms with E-state index in [-0.39, 0.29) is 33.5 Å². The molecular formula is C34H28N8O8. The van der Waals surface area contributed by atoms with Gasteiger partial charge < -0.3 is 38.1 Å². The molecule has 1 aliphatic rings. The monoisotopic (exact) mass is 676 g/mol. The van der Waals surface area contributed by atoms with Crippen molar-refractivity contribution in [3.05, 3.63) is 119 Å². The van der Waals surface area contributed by atoms with Crippen LogP contribution in [0.3, 0.4) is 0 Å². The highest BCUT2D eigenvalue weighted by Gasteiger charge is 2.36. The minimum Gasteiger partial charge on any atom is -0.366 e. The van der Waals surface area contributed by atoms with Crippen LogP contribution in [0.15, 0.2) is 91.0 Å². The Hall–Kier alpha value is -7.36. The molecule has 4 aromatic carbocycles. The maximum atomic E-state index is 12.5. The van der Waals surface area contributed by atoms with Gasteiger partial charge in [-0.3, -0.25) is 38.5 Å². The van der Waals surface area contributed by atoms with E-state index in [9.17, 15) is 38.4 Å². The molecule has 0 saturated carbocycles. The highest BCUT2D eigenvalue weighted by atomic mass is 16.2. The van der Waals surface area contributed by atoms with Gasteiger partial charge in [-0.15, -0.1) is 0 Å². The number of fused-ring (bicyclic) bond motifs is 1. The summed E-state index contributed by atoms with van der Waals surface area (Å²) in [5.41, 5.74) is 12.3.